The van der Waals surface area contributed by atoms with Crippen molar-refractivity contribution in [2.75, 3.05) is 12.9 Å². The largest absolute Gasteiger partial charge is 0.462 e. The van der Waals surface area contributed by atoms with Gasteiger partial charge in [0.25, 0.3) is 0 Å². The predicted octanol–water partition coefficient (Wildman–Crippen LogP) is 2.33. The average molecular weight is 272 g/mol. The van der Waals surface area contributed by atoms with Crippen molar-refractivity contribution in [1.29, 1.82) is 0 Å². The van der Waals surface area contributed by atoms with E-state index in [1.54, 1.807) is 0 Å². The maximum Gasteiger partial charge on any atom is 0.302 e. The van der Waals surface area contributed by atoms with Crippen LogP contribution in [0.3, 0.4) is 0 Å². The van der Waals surface area contributed by atoms with Gasteiger partial charge in [-0.1, -0.05) is 19.1 Å². The van der Waals surface area contributed by atoms with Crippen LogP contribution in [0.25, 0.3) is 0 Å². The van der Waals surface area contributed by atoms with Crippen molar-refractivity contribution in [1.82, 2.24) is 0 Å². The Bertz CT molecular complexity index is 407. The molecule has 0 unspecified atom stereocenters. The molecule has 18 heavy (non-hydrogen) atoms. The van der Waals surface area contributed by atoms with Crippen LogP contribution in [0.1, 0.15) is 19.4 Å². The van der Waals surface area contributed by atoms with E-state index >= 15 is 0 Å². The molecule has 0 aliphatic carbocycles. The predicted molar refractivity (Wildman–Crippen MR) is 69.9 cm³/mol. The first-order valence-electron chi connectivity index (χ1n) is 5.54. The number of rotatable bonds is 5. The standard InChI is InChI=1S/C13H17FO3S/c1-9(18-3)13(16,8-17-10(2)15)11-4-6-12(14)7-5-11/h4-7,9,16H,8H2,1-3H3/t9-,13-/m1/s1. The number of esters is 1. The van der Waals surface area contributed by atoms with Crippen LogP contribution in [0, 0.1) is 5.82 Å². The Balaban J connectivity index is 3.03. The zero-order chi connectivity index (χ0) is 13.8. The highest BCUT2D eigenvalue weighted by molar-refractivity contribution is 7.99. The van der Waals surface area contributed by atoms with E-state index in [0.717, 1.165) is 0 Å². The lowest BCUT2D eigenvalue weighted by molar-refractivity contribution is -0.149. The lowest BCUT2D eigenvalue weighted by atomic mass is 9.91. The summed E-state index contributed by atoms with van der Waals surface area (Å²) in [5, 5.41) is 10.5. The first-order chi connectivity index (χ1) is 8.40. The molecule has 2 atom stereocenters. The van der Waals surface area contributed by atoms with Gasteiger partial charge >= 0.3 is 5.97 Å². The average Bonchev–Trinajstić information content (AvgIpc) is 2.35. The molecule has 0 saturated carbocycles. The number of halogens is 1. The van der Waals surface area contributed by atoms with Gasteiger partial charge in [-0.2, -0.15) is 11.8 Å². The van der Waals surface area contributed by atoms with E-state index < -0.39 is 11.6 Å². The Kier molecular flexibility index (Phi) is 5.16. The number of hydrogen-bond donors (Lipinski definition) is 1. The molecule has 5 heteroatoms. The monoisotopic (exact) mass is 272 g/mol. The minimum atomic E-state index is -1.32. The van der Waals surface area contributed by atoms with Crippen LogP contribution in [-0.2, 0) is 15.1 Å². The SMILES string of the molecule is CS[C@H](C)[C@](O)(COC(C)=O)c1ccc(F)cc1. The maximum absolute atomic E-state index is 12.9. The van der Waals surface area contributed by atoms with E-state index in [0.29, 0.717) is 5.56 Å². The Morgan fingerprint density at radius 1 is 1.50 bits per heavy atom. The van der Waals surface area contributed by atoms with Crippen LogP contribution in [0.2, 0.25) is 0 Å². The Labute approximate surface area is 110 Å². The second-order valence-corrected chi connectivity index (χ2v) is 5.27. The summed E-state index contributed by atoms with van der Waals surface area (Å²) in [6, 6.07) is 5.57. The van der Waals surface area contributed by atoms with Gasteiger partial charge in [0.15, 0.2) is 0 Å². The third-order valence-electron chi connectivity index (χ3n) is 2.87. The van der Waals surface area contributed by atoms with Gasteiger partial charge in [0, 0.05) is 12.2 Å². The Morgan fingerprint density at radius 3 is 2.50 bits per heavy atom. The minimum Gasteiger partial charge on any atom is -0.462 e. The highest BCUT2D eigenvalue weighted by atomic mass is 32.2. The van der Waals surface area contributed by atoms with Gasteiger partial charge in [0.05, 0.1) is 0 Å². The second kappa shape index (κ2) is 6.20. The molecule has 0 aromatic heterocycles. The molecule has 1 aromatic carbocycles. The first-order valence-corrected chi connectivity index (χ1v) is 6.83. The van der Waals surface area contributed by atoms with Crippen molar-refractivity contribution in [3.8, 4) is 0 Å². The quantitative estimate of drug-likeness (QED) is 0.836. The molecule has 0 bridgehead atoms. The normalized spacial score (nSPS) is 15.8. The number of benzene rings is 1. The fourth-order valence-corrected chi connectivity index (χ4v) is 2.17. The van der Waals surface area contributed by atoms with Crippen molar-refractivity contribution in [3.63, 3.8) is 0 Å². The molecule has 0 aliphatic rings. The van der Waals surface area contributed by atoms with Crippen molar-refractivity contribution < 1.29 is 19.0 Å². The summed E-state index contributed by atoms with van der Waals surface area (Å²) in [7, 11) is 0. The van der Waals surface area contributed by atoms with E-state index in [9.17, 15) is 14.3 Å². The summed E-state index contributed by atoms with van der Waals surface area (Å²) < 4.78 is 17.8. The van der Waals surface area contributed by atoms with Crippen LogP contribution >= 0.6 is 11.8 Å². The van der Waals surface area contributed by atoms with E-state index in [2.05, 4.69) is 0 Å². The van der Waals surface area contributed by atoms with Crippen LogP contribution in [0.5, 0.6) is 0 Å². The minimum absolute atomic E-state index is 0.143. The Hall–Kier alpha value is -1.07. The Morgan fingerprint density at radius 2 is 2.06 bits per heavy atom. The molecule has 1 N–H and O–H groups in total. The fraction of sp³-hybridized carbons (Fsp3) is 0.462. The summed E-state index contributed by atoms with van der Waals surface area (Å²) in [5.74, 6) is -0.825. The zero-order valence-electron chi connectivity index (χ0n) is 10.6. The topological polar surface area (TPSA) is 46.5 Å². The first kappa shape index (κ1) is 15.0. The van der Waals surface area contributed by atoms with Gasteiger partial charge in [0.2, 0.25) is 0 Å². The van der Waals surface area contributed by atoms with Gasteiger partial charge in [-0.05, 0) is 24.0 Å². The molecule has 0 saturated heterocycles. The molecular weight excluding hydrogens is 255 g/mol. The molecule has 0 amide bonds. The van der Waals surface area contributed by atoms with Gasteiger partial charge in [-0.25, -0.2) is 4.39 Å². The molecule has 0 radical (unpaired) electrons. The number of carbonyl (C=O) groups excluding carboxylic acids is 1. The summed E-state index contributed by atoms with van der Waals surface area (Å²) in [4.78, 5) is 10.9. The van der Waals surface area contributed by atoms with Crippen LogP contribution in [0.15, 0.2) is 24.3 Å². The molecule has 0 aliphatic heterocycles. The van der Waals surface area contributed by atoms with E-state index in [4.69, 9.17) is 4.74 Å². The van der Waals surface area contributed by atoms with Crippen molar-refractivity contribution in [2.24, 2.45) is 0 Å². The fourth-order valence-electron chi connectivity index (χ4n) is 1.58. The van der Waals surface area contributed by atoms with Crippen molar-refractivity contribution in [3.05, 3.63) is 35.6 Å². The molecule has 0 spiro atoms. The van der Waals surface area contributed by atoms with Crippen molar-refractivity contribution >= 4 is 17.7 Å². The molecule has 3 nitrogen and oxygen atoms in total. The molecular formula is C13H17FO3S. The van der Waals surface area contributed by atoms with E-state index in [-0.39, 0.29) is 17.7 Å². The van der Waals surface area contributed by atoms with Gasteiger partial charge in [-0.15, -0.1) is 0 Å². The summed E-state index contributed by atoms with van der Waals surface area (Å²) >= 11 is 1.45. The van der Waals surface area contributed by atoms with E-state index in [1.165, 1.54) is 43.0 Å². The second-order valence-electron chi connectivity index (χ2n) is 4.09. The third-order valence-corrected chi connectivity index (χ3v) is 3.96. The summed E-state index contributed by atoms with van der Waals surface area (Å²) in [5.41, 5.74) is -0.786. The number of hydrogen-bond acceptors (Lipinski definition) is 4. The molecule has 0 heterocycles. The van der Waals surface area contributed by atoms with E-state index in [1.807, 2.05) is 13.2 Å². The highest BCUT2D eigenvalue weighted by Crippen LogP contribution is 2.32. The lowest BCUT2D eigenvalue weighted by Crippen LogP contribution is -2.41. The number of aliphatic hydroxyl groups is 1. The molecule has 1 rings (SSSR count). The van der Waals surface area contributed by atoms with Gasteiger partial charge in [0.1, 0.15) is 18.0 Å². The third kappa shape index (κ3) is 3.46. The number of ether oxygens (including phenoxy) is 1. The summed E-state index contributed by atoms with van der Waals surface area (Å²) in [6.45, 7) is 2.97. The maximum atomic E-state index is 12.9. The van der Waals surface area contributed by atoms with Crippen LogP contribution < -0.4 is 0 Å². The highest BCUT2D eigenvalue weighted by Gasteiger charge is 2.36. The van der Waals surface area contributed by atoms with Crippen LogP contribution in [-0.4, -0.2) is 29.2 Å². The molecule has 1 aromatic rings. The lowest BCUT2D eigenvalue weighted by Gasteiger charge is -2.33. The van der Waals surface area contributed by atoms with Gasteiger partial charge < -0.3 is 9.84 Å². The summed E-state index contributed by atoms with van der Waals surface area (Å²) in [6.07, 6.45) is 1.85. The smallest absolute Gasteiger partial charge is 0.302 e. The zero-order valence-corrected chi connectivity index (χ0v) is 11.5. The molecule has 0 fully saturated rings. The van der Waals surface area contributed by atoms with Crippen LogP contribution in [0.4, 0.5) is 4.39 Å². The van der Waals surface area contributed by atoms with Crippen molar-refractivity contribution in [2.45, 2.75) is 24.7 Å². The number of carbonyl (C=O) groups is 1. The van der Waals surface area contributed by atoms with Gasteiger partial charge in [-0.3, -0.25) is 4.79 Å². The number of thioether (sulfide) groups is 1. The molecule has 100 valence electrons.